The Hall–Kier alpha value is -2.84. The Labute approximate surface area is 190 Å². The van der Waals surface area contributed by atoms with Crippen molar-refractivity contribution >= 4 is 43.2 Å². The van der Waals surface area contributed by atoms with E-state index in [9.17, 15) is 13.2 Å². The van der Waals surface area contributed by atoms with Crippen LogP contribution in [0.15, 0.2) is 70.0 Å². The molecule has 6 nitrogen and oxygen atoms in total. The Kier molecular flexibility index (Phi) is 7.02. The van der Waals surface area contributed by atoms with Crippen LogP contribution in [-0.2, 0) is 14.8 Å². The smallest absolute Gasteiger partial charge is 0.262 e. The number of hydrogen-bond donors (Lipinski definition) is 2. The van der Waals surface area contributed by atoms with Gasteiger partial charge in [-0.2, -0.15) is 0 Å². The molecule has 0 saturated carbocycles. The van der Waals surface area contributed by atoms with Crippen LogP contribution in [0.5, 0.6) is 5.75 Å². The number of aryl methyl sites for hydroxylation is 3. The minimum atomic E-state index is -3.72. The molecule has 0 heterocycles. The normalized spacial score (nSPS) is 11.1. The molecule has 0 unspecified atom stereocenters. The van der Waals surface area contributed by atoms with E-state index in [1.54, 1.807) is 18.2 Å². The number of halogens is 1. The molecule has 0 aromatic heterocycles. The second-order valence-electron chi connectivity index (χ2n) is 7.20. The van der Waals surface area contributed by atoms with Gasteiger partial charge in [-0.1, -0.05) is 28.1 Å². The summed E-state index contributed by atoms with van der Waals surface area (Å²) in [6.07, 6.45) is 0. The molecule has 31 heavy (non-hydrogen) atoms. The maximum Gasteiger partial charge on any atom is 0.262 e. The lowest BCUT2D eigenvalue weighted by Gasteiger charge is -2.13. The zero-order valence-corrected chi connectivity index (χ0v) is 19.8. The highest BCUT2D eigenvalue weighted by Crippen LogP contribution is 2.25. The molecule has 2 N–H and O–H groups in total. The van der Waals surface area contributed by atoms with Gasteiger partial charge in [0.1, 0.15) is 5.75 Å². The highest BCUT2D eigenvalue weighted by atomic mass is 79.9. The fourth-order valence-electron chi connectivity index (χ4n) is 3.07. The molecular formula is C23H23BrN2O4S. The van der Waals surface area contributed by atoms with Gasteiger partial charge < -0.3 is 10.1 Å². The van der Waals surface area contributed by atoms with Gasteiger partial charge in [0, 0.05) is 15.8 Å². The zero-order chi connectivity index (χ0) is 22.6. The van der Waals surface area contributed by atoms with E-state index in [1.165, 1.54) is 24.3 Å². The van der Waals surface area contributed by atoms with E-state index in [4.69, 9.17) is 4.74 Å². The molecular weight excluding hydrogens is 480 g/mol. The van der Waals surface area contributed by atoms with E-state index in [0.29, 0.717) is 11.4 Å². The van der Waals surface area contributed by atoms with Crippen LogP contribution in [0.3, 0.4) is 0 Å². The maximum absolute atomic E-state index is 12.6. The fourth-order valence-corrected chi connectivity index (χ4v) is 4.81. The highest BCUT2D eigenvalue weighted by Gasteiger charge is 2.15. The second kappa shape index (κ2) is 9.53. The third-order valence-corrected chi connectivity index (χ3v) is 6.39. The van der Waals surface area contributed by atoms with Crippen molar-refractivity contribution in [2.24, 2.45) is 0 Å². The number of carbonyl (C=O) groups is 1. The van der Waals surface area contributed by atoms with Crippen LogP contribution in [0.4, 0.5) is 11.4 Å². The van der Waals surface area contributed by atoms with Crippen LogP contribution in [0.2, 0.25) is 0 Å². The Morgan fingerprint density at radius 3 is 2.23 bits per heavy atom. The summed E-state index contributed by atoms with van der Waals surface area (Å²) in [6, 6.07) is 16.9. The Bertz CT molecular complexity index is 1190. The van der Waals surface area contributed by atoms with Crippen LogP contribution < -0.4 is 14.8 Å². The molecule has 1 amide bonds. The number of sulfonamides is 1. The first kappa shape index (κ1) is 22.8. The summed E-state index contributed by atoms with van der Waals surface area (Å²) in [4.78, 5) is 12.4. The van der Waals surface area contributed by atoms with Crippen molar-refractivity contribution < 1.29 is 17.9 Å². The van der Waals surface area contributed by atoms with Gasteiger partial charge in [0.2, 0.25) is 0 Å². The number of carbonyl (C=O) groups excluding carboxylic acids is 1. The largest absolute Gasteiger partial charge is 0.484 e. The Balaban J connectivity index is 1.61. The van der Waals surface area contributed by atoms with E-state index in [2.05, 4.69) is 26.0 Å². The van der Waals surface area contributed by atoms with Gasteiger partial charge in [-0.15, -0.1) is 0 Å². The number of nitrogens with one attached hydrogen (secondary N) is 2. The third-order valence-electron chi connectivity index (χ3n) is 4.54. The van der Waals surface area contributed by atoms with Gasteiger partial charge in [0.05, 0.1) is 4.90 Å². The van der Waals surface area contributed by atoms with Crippen molar-refractivity contribution in [1.82, 2.24) is 0 Å². The van der Waals surface area contributed by atoms with Crippen LogP contribution in [-0.4, -0.2) is 20.9 Å². The molecule has 0 fully saturated rings. The first-order valence-corrected chi connectivity index (χ1v) is 11.8. The fraction of sp³-hybridized carbons (Fsp3) is 0.174. The quantitative estimate of drug-likeness (QED) is 0.465. The number of amides is 1. The molecule has 0 radical (unpaired) electrons. The van der Waals surface area contributed by atoms with E-state index in [0.717, 1.165) is 26.9 Å². The minimum Gasteiger partial charge on any atom is -0.484 e. The summed E-state index contributed by atoms with van der Waals surface area (Å²) in [5.74, 6) is 0.0974. The van der Waals surface area contributed by atoms with Gasteiger partial charge in [-0.05, 0) is 86.0 Å². The Morgan fingerprint density at radius 2 is 1.61 bits per heavy atom. The summed E-state index contributed by atoms with van der Waals surface area (Å²) in [5, 5.41) is 2.85. The topological polar surface area (TPSA) is 84.5 Å². The first-order valence-electron chi connectivity index (χ1n) is 9.53. The zero-order valence-electron chi connectivity index (χ0n) is 17.4. The Morgan fingerprint density at radius 1 is 0.968 bits per heavy atom. The number of rotatable bonds is 7. The van der Waals surface area contributed by atoms with E-state index in [1.807, 2.05) is 39.0 Å². The predicted molar refractivity (Wildman–Crippen MR) is 126 cm³/mol. The molecule has 0 spiro atoms. The molecule has 8 heteroatoms. The monoisotopic (exact) mass is 502 g/mol. The number of anilines is 2. The maximum atomic E-state index is 12.6. The van der Waals surface area contributed by atoms with Crippen LogP contribution in [0.25, 0.3) is 0 Å². The van der Waals surface area contributed by atoms with Crippen molar-refractivity contribution in [3.63, 3.8) is 0 Å². The molecule has 0 atom stereocenters. The van der Waals surface area contributed by atoms with E-state index in [-0.39, 0.29) is 17.4 Å². The lowest BCUT2D eigenvalue weighted by molar-refractivity contribution is -0.118. The molecule has 0 aliphatic heterocycles. The molecule has 162 valence electrons. The predicted octanol–water partition coefficient (Wildman–Crippen LogP) is 5.19. The summed E-state index contributed by atoms with van der Waals surface area (Å²) in [7, 11) is -3.72. The number of hydrogen-bond acceptors (Lipinski definition) is 4. The van der Waals surface area contributed by atoms with Gasteiger partial charge in [-0.3, -0.25) is 9.52 Å². The SMILES string of the molecule is Cc1cccc(NS(=O)(=O)c2ccc(OCC(=O)Nc3c(C)cc(Br)cc3C)cc2)c1. The molecule has 3 rings (SSSR count). The van der Waals surface area contributed by atoms with Crippen LogP contribution >= 0.6 is 15.9 Å². The van der Waals surface area contributed by atoms with Crippen LogP contribution in [0, 0.1) is 20.8 Å². The van der Waals surface area contributed by atoms with Crippen molar-refractivity contribution in [2.75, 3.05) is 16.6 Å². The molecule has 0 saturated heterocycles. The molecule has 0 bridgehead atoms. The highest BCUT2D eigenvalue weighted by molar-refractivity contribution is 9.10. The minimum absolute atomic E-state index is 0.104. The van der Waals surface area contributed by atoms with Gasteiger partial charge in [0.15, 0.2) is 6.61 Å². The molecule has 3 aromatic rings. The molecule has 0 aliphatic rings. The standard InChI is InChI=1S/C23H23BrN2O4S/c1-15-5-4-6-19(11-15)26-31(28,29)21-9-7-20(8-10-21)30-14-22(27)25-23-16(2)12-18(24)13-17(23)3/h4-13,26H,14H2,1-3H3,(H,25,27). The van der Waals surface area contributed by atoms with E-state index < -0.39 is 10.0 Å². The van der Waals surface area contributed by atoms with Crippen molar-refractivity contribution in [3.8, 4) is 5.75 Å². The van der Waals surface area contributed by atoms with Gasteiger partial charge in [-0.25, -0.2) is 8.42 Å². The molecule has 0 aliphatic carbocycles. The summed E-state index contributed by atoms with van der Waals surface area (Å²) < 4.78 is 34.1. The summed E-state index contributed by atoms with van der Waals surface area (Å²) in [6.45, 7) is 5.53. The van der Waals surface area contributed by atoms with Crippen molar-refractivity contribution in [1.29, 1.82) is 0 Å². The number of ether oxygens (including phenoxy) is 1. The third kappa shape index (κ3) is 6.08. The van der Waals surface area contributed by atoms with Gasteiger partial charge in [0.25, 0.3) is 15.9 Å². The summed E-state index contributed by atoms with van der Waals surface area (Å²) in [5.41, 5.74) is 4.08. The van der Waals surface area contributed by atoms with Gasteiger partial charge >= 0.3 is 0 Å². The average Bonchev–Trinajstić information content (AvgIpc) is 2.69. The van der Waals surface area contributed by atoms with E-state index >= 15 is 0 Å². The first-order chi connectivity index (χ1) is 14.6. The van der Waals surface area contributed by atoms with Crippen LogP contribution in [0.1, 0.15) is 16.7 Å². The van der Waals surface area contributed by atoms with Crippen molar-refractivity contribution in [2.45, 2.75) is 25.7 Å². The lowest BCUT2D eigenvalue weighted by atomic mass is 10.1. The summed E-state index contributed by atoms with van der Waals surface area (Å²) >= 11 is 3.43. The average molecular weight is 503 g/mol. The second-order valence-corrected chi connectivity index (χ2v) is 9.80. The van der Waals surface area contributed by atoms with Crippen molar-refractivity contribution in [3.05, 3.63) is 81.8 Å². The molecule has 3 aromatic carbocycles. The lowest BCUT2D eigenvalue weighted by Crippen LogP contribution is -2.21. The number of benzene rings is 3.